The highest BCUT2D eigenvalue weighted by atomic mass is 32.3. The van der Waals surface area contributed by atoms with Crippen molar-refractivity contribution in [2.75, 3.05) is 7.11 Å². The molecule has 17 heavy (non-hydrogen) atoms. The molecule has 1 aromatic carbocycles. The fraction of sp³-hybridized carbons (Fsp3) is 0.333. The van der Waals surface area contributed by atoms with Gasteiger partial charge in [0.2, 0.25) is 0 Å². The second-order valence-corrected chi connectivity index (χ2v) is 4.57. The Kier molecular flexibility index (Phi) is 3.65. The Morgan fingerprint density at radius 2 is 1.88 bits per heavy atom. The third-order valence-electron chi connectivity index (χ3n) is 1.95. The van der Waals surface area contributed by atoms with E-state index in [1.54, 1.807) is 0 Å². The monoisotopic (exact) mass is 272 g/mol. The minimum Gasteiger partial charge on any atom is -0.497 e. The molecule has 3 nitrogen and oxygen atoms in total. The van der Waals surface area contributed by atoms with Crippen molar-refractivity contribution in [2.45, 2.75) is 11.9 Å². The molecule has 0 fully saturated rings. The molecule has 0 bridgehead atoms. The Balaban J connectivity index is 3.30. The van der Waals surface area contributed by atoms with Gasteiger partial charge in [0.25, 0.3) is 0 Å². The van der Waals surface area contributed by atoms with Gasteiger partial charge in [0.15, 0.2) is 0 Å². The van der Waals surface area contributed by atoms with Crippen molar-refractivity contribution in [3.8, 4) is 5.75 Å². The van der Waals surface area contributed by atoms with E-state index in [0.29, 0.717) is 6.07 Å². The molecular weight excluding hydrogens is 264 g/mol. The number of hydrogen-bond donors (Lipinski definition) is 0. The Morgan fingerprint density at radius 3 is 2.29 bits per heavy atom. The molecule has 0 saturated heterocycles. The number of hydrogen-bond acceptors (Lipinski definition) is 3. The molecule has 0 unspecified atom stereocenters. The van der Waals surface area contributed by atoms with Crippen LogP contribution in [0, 0.1) is 0 Å². The third-order valence-corrected chi connectivity index (χ3v) is 2.61. The van der Waals surface area contributed by atoms with E-state index in [0.717, 1.165) is 12.1 Å². The van der Waals surface area contributed by atoms with Gasteiger partial charge in [-0.25, -0.2) is 0 Å². The zero-order valence-corrected chi connectivity index (χ0v) is 9.40. The molecule has 0 heterocycles. The van der Waals surface area contributed by atoms with E-state index in [9.17, 15) is 25.5 Å². The standard InChI is InChI=1S/C9H8F4O3S/c1-16-7-3-2-6(5-17(13,14)15)8(4-7)9(10,11)12/h2-4H,5H2,1H3. The van der Waals surface area contributed by atoms with E-state index in [1.807, 2.05) is 0 Å². The van der Waals surface area contributed by atoms with E-state index in [-0.39, 0.29) is 5.75 Å². The van der Waals surface area contributed by atoms with Crippen molar-refractivity contribution in [1.82, 2.24) is 0 Å². The van der Waals surface area contributed by atoms with Crippen LogP contribution in [0.25, 0.3) is 0 Å². The molecule has 1 aromatic rings. The molecule has 0 N–H and O–H groups in total. The summed E-state index contributed by atoms with van der Waals surface area (Å²) in [5.74, 6) is -1.40. The Hall–Kier alpha value is -1.31. The van der Waals surface area contributed by atoms with E-state index in [1.165, 1.54) is 7.11 Å². The summed E-state index contributed by atoms with van der Waals surface area (Å²) in [5, 5.41) is 0. The fourth-order valence-corrected chi connectivity index (χ4v) is 1.88. The molecule has 0 aliphatic heterocycles. The molecule has 0 amide bonds. The molecule has 0 spiro atoms. The second-order valence-electron chi connectivity index (χ2n) is 3.20. The quantitative estimate of drug-likeness (QED) is 0.627. The summed E-state index contributed by atoms with van der Waals surface area (Å²) >= 11 is 0. The van der Waals surface area contributed by atoms with Gasteiger partial charge in [-0.15, -0.1) is 3.89 Å². The molecule has 0 aliphatic carbocycles. The van der Waals surface area contributed by atoms with Crippen LogP contribution >= 0.6 is 0 Å². The normalized spacial score (nSPS) is 12.5. The van der Waals surface area contributed by atoms with Crippen LogP contribution in [0.1, 0.15) is 11.1 Å². The van der Waals surface area contributed by atoms with E-state index >= 15 is 0 Å². The summed E-state index contributed by atoms with van der Waals surface area (Å²) in [5.41, 5.74) is -1.88. The first-order chi connectivity index (χ1) is 7.63. The average Bonchev–Trinajstić information content (AvgIpc) is 2.14. The van der Waals surface area contributed by atoms with Crippen molar-refractivity contribution < 1.29 is 30.2 Å². The zero-order chi connectivity index (χ0) is 13.3. The smallest absolute Gasteiger partial charge is 0.416 e. The maximum Gasteiger partial charge on any atom is 0.416 e. The SMILES string of the molecule is COc1ccc(CS(=O)(=O)F)c(C(F)(F)F)c1. The van der Waals surface area contributed by atoms with Gasteiger partial charge in [0, 0.05) is 0 Å². The first-order valence-electron chi connectivity index (χ1n) is 4.30. The van der Waals surface area contributed by atoms with Crippen molar-refractivity contribution in [1.29, 1.82) is 0 Å². The van der Waals surface area contributed by atoms with Crippen molar-refractivity contribution in [2.24, 2.45) is 0 Å². The van der Waals surface area contributed by atoms with E-state index in [2.05, 4.69) is 4.74 Å². The van der Waals surface area contributed by atoms with Crippen molar-refractivity contribution in [3.05, 3.63) is 29.3 Å². The lowest BCUT2D eigenvalue weighted by molar-refractivity contribution is -0.138. The van der Waals surface area contributed by atoms with Crippen LogP contribution in [0.3, 0.4) is 0 Å². The molecule has 0 aliphatic rings. The molecule has 0 atom stereocenters. The van der Waals surface area contributed by atoms with E-state index in [4.69, 9.17) is 0 Å². The highest BCUT2D eigenvalue weighted by molar-refractivity contribution is 7.85. The van der Waals surface area contributed by atoms with Gasteiger partial charge in [-0.2, -0.15) is 21.6 Å². The van der Waals surface area contributed by atoms with Crippen LogP contribution in [-0.2, 0) is 22.2 Å². The van der Waals surface area contributed by atoms with Gasteiger partial charge in [-0.3, -0.25) is 0 Å². The van der Waals surface area contributed by atoms with Crippen LogP contribution in [0.5, 0.6) is 5.75 Å². The highest BCUT2D eigenvalue weighted by Crippen LogP contribution is 2.35. The highest BCUT2D eigenvalue weighted by Gasteiger charge is 2.34. The zero-order valence-electron chi connectivity index (χ0n) is 8.58. The number of ether oxygens (including phenoxy) is 1. The molecule has 0 radical (unpaired) electrons. The van der Waals surface area contributed by atoms with Crippen LogP contribution in [-0.4, -0.2) is 15.5 Å². The number of rotatable bonds is 3. The summed E-state index contributed by atoms with van der Waals surface area (Å²) in [7, 11) is -3.85. The lowest BCUT2D eigenvalue weighted by atomic mass is 10.1. The van der Waals surface area contributed by atoms with E-state index < -0.39 is 33.3 Å². The predicted molar refractivity (Wildman–Crippen MR) is 51.7 cm³/mol. The number of benzene rings is 1. The Morgan fingerprint density at radius 1 is 1.29 bits per heavy atom. The lowest BCUT2D eigenvalue weighted by Crippen LogP contribution is -2.11. The Labute approximate surface area is 95.2 Å². The van der Waals surface area contributed by atoms with Crippen LogP contribution < -0.4 is 4.74 Å². The molecule has 0 aromatic heterocycles. The van der Waals surface area contributed by atoms with Gasteiger partial charge in [0.05, 0.1) is 12.7 Å². The maximum absolute atomic E-state index is 12.6. The molecule has 8 heteroatoms. The molecular formula is C9H8F4O3S. The summed E-state index contributed by atoms with van der Waals surface area (Å²) in [6, 6.07) is 2.63. The van der Waals surface area contributed by atoms with Crippen LogP contribution in [0.15, 0.2) is 18.2 Å². The molecule has 1 rings (SSSR count). The largest absolute Gasteiger partial charge is 0.497 e. The minimum atomic E-state index is -5.02. The number of halogens is 4. The average molecular weight is 272 g/mol. The Bertz CT molecular complexity index is 507. The van der Waals surface area contributed by atoms with Gasteiger partial charge in [-0.1, -0.05) is 6.07 Å². The summed E-state index contributed by atoms with van der Waals surface area (Å²) < 4.78 is 75.4. The van der Waals surface area contributed by atoms with Gasteiger partial charge < -0.3 is 4.74 Å². The first kappa shape index (κ1) is 13.8. The number of alkyl halides is 3. The predicted octanol–water partition coefficient (Wildman–Crippen LogP) is 2.51. The number of methoxy groups -OCH3 is 1. The first-order valence-corrected chi connectivity index (χ1v) is 5.85. The summed E-state index contributed by atoms with van der Waals surface area (Å²) in [6.45, 7) is 0. The molecule has 96 valence electrons. The summed E-state index contributed by atoms with van der Waals surface area (Å²) in [6.07, 6.45) is -4.77. The minimum absolute atomic E-state index is 0.0858. The second kappa shape index (κ2) is 4.52. The van der Waals surface area contributed by atoms with Crippen molar-refractivity contribution >= 4 is 10.2 Å². The summed E-state index contributed by atoms with van der Waals surface area (Å²) in [4.78, 5) is 0. The fourth-order valence-electron chi connectivity index (χ4n) is 1.26. The topological polar surface area (TPSA) is 43.4 Å². The third kappa shape index (κ3) is 3.88. The molecule has 0 saturated carbocycles. The van der Waals surface area contributed by atoms with Crippen LogP contribution in [0.4, 0.5) is 17.1 Å². The lowest BCUT2D eigenvalue weighted by Gasteiger charge is -2.12. The van der Waals surface area contributed by atoms with Gasteiger partial charge in [0.1, 0.15) is 11.5 Å². The van der Waals surface area contributed by atoms with Crippen LogP contribution in [0.2, 0.25) is 0 Å². The van der Waals surface area contributed by atoms with Gasteiger partial charge in [-0.05, 0) is 17.7 Å². The van der Waals surface area contributed by atoms with Crippen molar-refractivity contribution in [3.63, 3.8) is 0 Å². The maximum atomic E-state index is 12.6. The van der Waals surface area contributed by atoms with Gasteiger partial charge >= 0.3 is 16.4 Å².